The lowest BCUT2D eigenvalue weighted by atomic mass is 10.1. The lowest BCUT2D eigenvalue weighted by Gasteiger charge is -2.22. The number of rotatable bonds is 6. The average Bonchev–Trinajstić information content (AvgIpc) is 2.59. The molecule has 1 fully saturated rings. The van der Waals surface area contributed by atoms with E-state index in [2.05, 4.69) is 12.1 Å². The summed E-state index contributed by atoms with van der Waals surface area (Å²) in [5.74, 6) is 1.53. The molecule has 118 valence electrons. The van der Waals surface area contributed by atoms with Gasteiger partial charge in [-0.25, -0.2) is 0 Å². The second kappa shape index (κ2) is 7.86. The van der Waals surface area contributed by atoms with Gasteiger partial charge in [0.15, 0.2) is 0 Å². The summed E-state index contributed by atoms with van der Waals surface area (Å²) in [6, 6.07) is 14.2. The van der Waals surface area contributed by atoms with Gasteiger partial charge in [0.1, 0.15) is 12.4 Å². The summed E-state index contributed by atoms with van der Waals surface area (Å²) >= 11 is 1.83. The van der Waals surface area contributed by atoms with E-state index in [1.807, 2.05) is 42.1 Å². The number of hydrogen-bond acceptors (Lipinski definition) is 4. The van der Waals surface area contributed by atoms with Crippen molar-refractivity contribution >= 4 is 22.5 Å². The van der Waals surface area contributed by atoms with E-state index >= 15 is 0 Å². The molecule has 1 saturated heterocycles. The third-order valence-corrected chi connectivity index (χ3v) is 5.38. The van der Waals surface area contributed by atoms with E-state index < -0.39 is 6.10 Å². The highest BCUT2D eigenvalue weighted by Gasteiger charge is 2.16. The number of fused-ring (bicyclic) bond motifs is 1. The molecule has 0 radical (unpaired) electrons. The topological polar surface area (TPSA) is 38.7 Å². The minimum atomic E-state index is -0.431. The number of aliphatic hydroxyl groups excluding tert-OH is 1. The highest BCUT2D eigenvalue weighted by molar-refractivity contribution is 7.99. The smallest absolute Gasteiger partial charge is 0.120 e. The second-order valence-electron chi connectivity index (χ2n) is 5.62. The molecule has 1 unspecified atom stereocenters. The molecule has 4 heteroatoms. The number of thioether (sulfide) groups is 1. The molecule has 1 heterocycles. The number of hydrogen-bond donors (Lipinski definition) is 1. The van der Waals surface area contributed by atoms with Crippen LogP contribution in [0.2, 0.25) is 0 Å². The fourth-order valence-electron chi connectivity index (χ4n) is 2.59. The lowest BCUT2D eigenvalue weighted by molar-refractivity contribution is 0.0993. The van der Waals surface area contributed by atoms with Gasteiger partial charge in [0, 0.05) is 24.2 Å². The Morgan fingerprint density at radius 2 is 1.91 bits per heavy atom. The zero-order valence-electron chi connectivity index (χ0n) is 12.6. The standard InChI is InChI=1S/C18H22O3S/c19-16(13-22-18-7-9-20-10-8-18)12-21-17-6-5-14-3-1-2-4-15(14)11-17/h1-6,11,16,18-19H,7-10,12-13H2. The quantitative estimate of drug-likeness (QED) is 0.885. The van der Waals surface area contributed by atoms with Crippen LogP contribution in [0.5, 0.6) is 5.75 Å². The summed E-state index contributed by atoms with van der Waals surface area (Å²) in [4.78, 5) is 0. The third-order valence-electron chi connectivity index (χ3n) is 3.86. The van der Waals surface area contributed by atoms with Gasteiger partial charge in [0.05, 0.1) is 6.10 Å². The first kappa shape index (κ1) is 15.7. The largest absolute Gasteiger partial charge is 0.491 e. The predicted octanol–water partition coefficient (Wildman–Crippen LogP) is 3.49. The van der Waals surface area contributed by atoms with Crippen molar-refractivity contribution in [3.05, 3.63) is 42.5 Å². The summed E-state index contributed by atoms with van der Waals surface area (Å²) in [5, 5.41) is 13.1. The van der Waals surface area contributed by atoms with Crippen molar-refractivity contribution in [1.82, 2.24) is 0 Å². The second-order valence-corrected chi connectivity index (χ2v) is 6.95. The first-order valence-electron chi connectivity index (χ1n) is 7.80. The molecule has 2 aromatic carbocycles. The van der Waals surface area contributed by atoms with E-state index in [9.17, 15) is 5.11 Å². The van der Waals surface area contributed by atoms with Gasteiger partial charge in [-0.3, -0.25) is 0 Å². The van der Waals surface area contributed by atoms with E-state index in [4.69, 9.17) is 9.47 Å². The van der Waals surface area contributed by atoms with Gasteiger partial charge >= 0.3 is 0 Å². The van der Waals surface area contributed by atoms with Crippen LogP contribution in [0.1, 0.15) is 12.8 Å². The van der Waals surface area contributed by atoms with Gasteiger partial charge in [0.2, 0.25) is 0 Å². The zero-order chi connectivity index (χ0) is 15.2. The fourth-order valence-corrected chi connectivity index (χ4v) is 3.70. The highest BCUT2D eigenvalue weighted by atomic mass is 32.2. The average molecular weight is 318 g/mol. The summed E-state index contributed by atoms with van der Waals surface area (Å²) in [5.41, 5.74) is 0. The van der Waals surface area contributed by atoms with Crippen LogP contribution in [0.3, 0.4) is 0 Å². The molecule has 0 aliphatic carbocycles. The van der Waals surface area contributed by atoms with Crippen LogP contribution in [0, 0.1) is 0 Å². The normalized spacial score (nSPS) is 17.5. The molecule has 1 aliphatic rings. The summed E-state index contributed by atoms with van der Waals surface area (Å²) < 4.78 is 11.1. The van der Waals surface area contributed by atoms with Crippen molar-refractivity contribution in [1.29, 1.82) is 0 Å². The van der Waals surface area contributed by atoms with Crippen LogP contribution < -0.4 is 4.74 Å². The monoisotopic (exact) mass is 318 g/mol. The van der Waals surface area contributed by atoms with Crippen molar-refractivity contribution < 1.29 is 14.6 Å². The summed E-state index contributed by atoms with van der Waals surface area (Å²) in [6.07, 6.45) is 1.74. The van der Waals surface area contributed by atoms with Crippen molar-refractivity contribution in [2.75, 3.05) is 25.6 Å². The van der Waals surface area contributed by atoms with E-state index in [1.165, 1.54) is 5.39 Å². The molecule has 1 aliphatic heterocycles. The Balaban J connectivity index is 1.46. The maximum Gasteiger partial charge on any atom is 0.120 e. The molecule has 22 heavy (non-hydrogen) atoms. The minimum Gasteiger partial charge on any atom is -0.491 e. The van der Waals surface area contributed by atoms with Gasteiger partial charge in [0.25, 0.3) is 0 Å². The fraction of sp³-hybridized carbons (Fsp3) is 0.444. The molecular formula is C18H22O3S. The van der Waals surface area contributed by atoms with E-state index in [0.29, 0.717) is 11.9 Å². The van der Waals surface area contributed by atoms with Gasteiger partial charge in [-0.05, 0) is 35.7 Å². The zero-order valence-corrected chi connectivity index (χ0v) is 13.4. The van der Waals surface area contributed by atoms with Crippen LogP contribution in [-0.2, 0) is 4.74 Å². The van der Waals surface area contributed by atoms with Crippen molar-refractivity contribution in [3.63, 3.8) is 0 Å². The van der Waals surface area contributed by atoms with Crippen molar-refractivity contribution in [2.24, 2.45) is 0 Å². The van der Waals surface area contributed by atoms with E-state index in [-0.39, 0.29) is 0 Å². The molecule has 3 nitrogen and oxygen atoms in total. The van der Waals surface area contributed by atoms with E-state index in [1.54, 1.807) is 0 Å². The molecule has 0 amide bonds. The molecule has 0 spiro atoms. The Morgan fingerprint density at radius 1 is 1.14 bits per heavy atom. The molecule has 1 N–H and O–H groups in total. The molecule has 3 rings (SSSR count). The Morgan fingerprint density at radius 3 is 2.73 bits per heavy atom. The van der Waals surface area contributed by atoms with E-state index in [0.717, 1.165) is 42.9 Å². The van der Waals surface area contributed by atoms with Gasteiger partial charge < -0.3 is 14.6 Å². The van der Waals surface area contributed by atoms with Gasteiger partial charge in [-0.2, -0.15) is 11.8 Å². The number of ether oxygens (including phenoxy) is 2. The Hall–Kier alpha value is -1.23. The predicted molar refractivity (Wildman–Crippen MR) is 91.7 cm³/mol. The lowest BCUT2D eigenvalue weighted by Crippen LogP contribution is -2.24. The van der Waals surface area contributed by atoms with Crippen molar-refractivity contribution in [3.8, 4) is 5.75 Å². The highest BCUT2D eigenvalue weighted by Crippen LogP contribution is 2.23. The molecule has 0 bridgehead atoms. The van der Waals surface area contributed by atoms with Crippen LogP contribution in [0.15, 0.2) is 42.5 Å². The molecule has 2 aromatic rings. The third kappa shape index (κ3) is 4.38. The van der Waals surface area contributed by atoms with Crippen LogP contribution in [0.4, 0.5) is 0 Å². The Bertz CT molecular complexity index is 596. The molecule has 1 atom stereocenters. The van der Waals surface area contributed by atoms with Crippen LogP contribution in [-0.4, -0.2) is 42.0 Å². The Kier molecular flexibility index (Phi) is 5.59. The van der Waals surface area contributed by atoms with Crippen molar-refractivity contribution in [2.45, 2.75) is 24.2 Å². The van der Waals surface area contributed by atoms with Gasteiger partial charge in [-0.1, -0.05) is 30.3 Å². The maximum absolute atomic E-state index is 10.1. The SMILES string of the molecule is OC(COc1ccc2ccccc2c1)CSC1CCOCC1. The van der Waals surface area contributed by atoms with Crippen LogP contribution in [0.25, 0.3) is 10.8 Å². The summed E-state index contributed by atoms with van der Waals surface area (Å²) in [6.45, 7) is 2.04. The molecular weight excluding hydrogens is 296 g/mol. The Labute approximate surface area is 135 Å². The number of benzene rings is 2. The summed E-state index contributed by atoms with van der Waals surface area (Å²) in [7, 11) is 0. The van der Waals surface area contributed by atoms with Gasteiger partial charge in [-0.15, -0.1) is 0 Å². The first-order valence-corrected chi connectivity index (χ1v) is 8.85. The molecule has 0 saturated carbocycles. The minimum absolute atomic E-state index is 0.342. The first-order chi connectivity index (χ1) is 10.8. The maximum atomic E-state index is 10.1. The van der Waals surface area contributed by atoms with Crippen LogP contribution >= 0.6 is 11.8 Å². The molecule has 0 aromatic heterocycles. The number of aliphatic hydroxyl groups is 1.